The van der Waals surface area contributed by atoms with E-state index >= 15 is 0 Å². The number of benzene rings is 1. The molecule has 24 heavy (non-hydrogen) atoms. The fourth-order valence-electron chi connectivity index (χ4n) is 3.14. The zero-order valence-electron chi connectivity index (χ0n) is 13.8. The van der Waals surface area contributed by atoms with Gasteiger partial charge in [-0.05, 0) is 43.5 Å². The van der Waals surface area contributed by atoms with Gasteiger partial charge in [0.25, 0.3) is 5.91 Å². The third-order valence-corrected chi connectivity index (χ3v) is 5.65. The van der Waals surface area contributed by atoms with Gasteiger partial charge in [-0.3, -0.25) is 9.89 Å². The van der Waals surface area contributed by atoms with Crippen LogP contribution in [0.15, 0.2) is 35.4 Å². The Morgan fingerprint density at radius 1 is 1.33 bits per heavy atom. The van der Waals surface area contributed by atoms with E-state index in [0.717, 1.165) is 30.4 Å². The summed E-state index contributed by atoms with van der Waals surface area (Å²) in [5, 5.41) is 6.96. The molecule has 1 aromatic heterocycles. The van der Waals surface area contributed by atoms with E-state index in [-0.39, 0.29) is 16.7 Å². The third kappa shape index (κ3) is 3.36. The summed E-state index contributed by atoms with van der Waals surface area (Å²) < 4.78 is 23.5. The van der Waals surface area contributed by atoms with Gasteiger partial charge in [0, 0.05) is 42.7 Å². The van der Waals surface area contributed by atoms with Crippen LogP contribution in [0, 0.1) is 6.92 Å². The lowest BCUT2D eigenvalue weighted by atomic mass is 9.94. The minimum atomic E-state index is -3.34. The Bertz CT molecular complexity index is 844. The van der Waals surface area contributed by atoms with Crippen LogP contribution in [0.4, 0.5) is 0 Å². The first kappa shape index (κ1) is 16.7. The first-order valence-electron chi connectivity index (χ1n) is 7.95. The number of rotatable bonds is 3. The summed E-state index contributed by atoms with van der Waals surface area (Å²) in [5.74, 6) is 0.130. The van der Waals surface area contributed by atoms with E-state index in [9.17, 15) is 13.2 Å². The third-order valence-electron chi connectivity index (χ3n) is 4.54. The van der Waals surface area contributed by atoms with E-state index < -0.39 is 9.84 Å². The van der Waals surface area contributed by atoms with Gasteiger partial charge in [0.15, 0.2) is 9.84 Å². The number of hydrogen-bond acceptors (Lipinski definition) is 4. The standard InChI is InChI=1S/C17H21N3O3S/c1-12-5-6-14(24(2,22)23)10-15(12)17(21)20-9-3-4-13(11-20)16-7-8-18-19-16/h5-8,10,13H,3-4,9,11H2,1-2H3,(H,18,19)/t13-/m1/s1. The van der Waals surface area contributed by atoms with Crippen molar-refractivity contribution in [2.24, 2.45) is 0 Å². The van der Waals surface area contributed by atoms with Crippen molar-refractivity contribution in [3.63, 3.8) is 0 Å². The zero-order valence-corrected chi connectivity index (χ0v) is 14.6. The summed E-state index contributed by atoms with van der Waals surface area (Å²) in [4.78, 5) is 14.9. The van der Waals surface area contributed by atoms with Crippen LogP contribution in [0.5, 0.6) is 0 Å². The number of hydrogen-bond donors (Lipinski definition) is 1. The summed E-state index contributed by atoms with van der Waals surface area (Å²) in [7, 11) is -3.34. The van der Waals surface area contributed by atoms with Crippen LogP contribution in [0.3, 0.4) is 0 Å². The zero-order chi connectivity index (χ0) is 17.3. The number of nitrogens with zero attached hydrogens (tertiary/aromatic N) is 2. The van der Waals surface area contributed by atoms with E-state index in [4.69, 9.17) is 0 Å². The number of aromatic amines is 1. The number of H-pyrrole nitrogens is 1. The van der Waals surface area contributed by atoms with E-state index in [2.05, 4.69) is 10.2 Å². The molecule has 1 aliphatic rings. The molecule has 0 radical (unpaired) electrons. The lowest BCUT2D eigenvalue weighted by molar-refractivity contribution is 0.0705. The Labute approximate surface area is 141 Å². The molecule has 0 saturated carbocycles. The van der Waals surface area contributed by atoms with Crippen molar-refractivity contribution in [2.75, 3.05) is 19.3 Å². The highest BCUT2D eigenvalue weighted by molar-refractivity contribution is 7.90. The second kappa shape index (κ2) is 6.39. The van der Waals surface area contributed by atoms with E-state index in [1.807, 2.05) is 17.9 Å². The number of nitrogens with one attached hydrogen (secondary N) is 1. The van der Waals surface area contributed by atoms with Crippen molar-refractivity contribution >= 4 is 15.7 Å². The first-order valence-corrected chi connectivity index (χ1v) is 9.84. The van der Waals surface area contributed by atoms with Crippen molar-refractivity contribution < 1.29 is 13.2 Å². The molecular weight excluding hydrogens is 326 g/mol. The van der Waals surface area contributed by atoms with Crippen molar-refractivity contribution in [1.29, 1.82) is 0 Å². The Kier molecular flexibility index (Phi) is 4.45. The molecule has 0 bridgehead atoms. The number of piperidine rings is 1. The average Bonchev–Trinajstić information content (AvgIpc) is 3.08. The number of aromatic nitrogens is 2. The van der Waals surface area contributed by atoms with E-state index in [0.29, 0.717) is 18.7 Å². The normalized spacial score (nSPS) is 18.6. The Balaban J connectivity index is 1.86. The molecule has 128 valence electrons. The maximum Gasteiger partial charge on any atom is 0.254 e. The molecule has 1 atom stereocenters. The number of carbonyl (C=O) groups excluding carboxylic acids is 1. The second-order valence-electron chi connectivity index (χ2n) is 6.35. The van der Waals surface area contributed by atoms with Gasteiger partial charge in [0.2, 0.25) is 0 Å². The molecule has 7 heteroatoms. The van der Waals surface area contributed by atoms with Gasteiger partial charge < -0.3 is 4.90 Å². The highest BCUT2D eigenvalue weighted by Crippen LogP contribution is 2.27. The maximum atomic E-state index is 12.9. The number of amides is 1. The molecule has 6 nitrogen and oxygen atoms in total. The maximum absolute atomic E-state index is 12.9. The molecular formula is C17H21N3O3S. The molecule has 0 unspecified atom stereocenters. The smallest absolute Gasteiger partial charge is 0.254 e. The molecule has 1 fully saturated rings. The SMILES string of the molecule is Cc1ccc(S(C)(=O)=O)cc1C(=O)N1CCC[C@@H](c2ccn[nH]2)C1. The summed E-state index contributed by atoms with van der Waals surface area (Å²) in [5.41, 5.74) is 2.29. The minimum absolute atomic E-state index is 0.109. The average molecular weight is 347 g/mol. The molecule has 1 saturated heterocycles. The Morgan fingerprint density at radius 3 is 2.79 bits per heavy atom. The van der Waals surface area contributed by atoms with Crippen molar-refractivity contribution in [2.45, 2.75) is 30.6 Å². The molecule has 3 rings (SSSR count). The monoisotopic (exact) mass is 347 g/mol. The van der Waals surface area contributed by atoms with Crippen molar-refractivity contribution in [3.05, 3.63) is 47.3 Å². The van der Waals surface area contributed by atoms with Crippen LogP contribution >= 0.6 is 0 Å². The summed E-state index contributed by atoms with van der Waals surface area (Å²) in [6.07, 6.45) is 4.80. The molecule has 0 aliphatic carbocycles. The molecule has 2 aromatic rings. The highest BCUT2D eigenvalue weighted by Gasteiger charge is 2.27. The van der Waals surface area contributed by atoms with Gasteiger partial charge in [-0.2, -0.15) is 5.10 Å². The van der Waals surface area contributed by atoms with Gasteiger partial charge in [-0.1, -0.05) is 6.07 Å². The van der Waals surface area contributed by atoms with E-state index in [1.165, 1.54) is 6.07 Å². The van der Waals surface area contributed by atoms with Gasteiger partial charge in [-0.15, -0.1) is 0 Å². The van der Waals surface area contributed by atoms with Gasteiger partial charge in [0.05, 0.1) is 4.90 Å². The second-order valence-corrected chi connectivity index (χ2v) is 8.37. The lowest BCUT2D eigenvalue weighted by Crippen LogP contribution is -2.39. The molecule has 0 spiro atoms. The van der Waals surface area contributed by atoms with Crippen LogP contribution in [-0.2, 0) is 9.84 Å². The first-order chi connectivity index (χ1) is 11.4. The van der Waals surface area contributed by atoms with Crippen molar-refractivity contribution in [3.8, 4) is 0 Å². The van der Waals surface area contributed by atoms with Crippen LogP contribution in [-0.4, -0.2) is 48.8 Å². The molecule has 2 heterocycles. The predicted molar refractivity (Wildman–Crippen MR) is 90.8 cm³/mol. The number of aryl methyl sites for hydroxylation is 1. The van der Waals surface area contributed by atoms with Crippen LogP contribution in [0.25, 0.3) is 0 Å². The summed E-state index contributed by atoms with van der Waals surface area (Å²) in [6.45, 7) is 3.13. The van der Waals surface area contributed by atoms with Crippen LogP contribution in [0.2, 0.25) is 0 Å². The highest BCUT2D eigenvalue weighted by atomic mass is 32.2. The molecule has 1 aromatic carbocycles. The quantitative estimate of drug-likeness (QED) is 0.922. The number of likely N-dealkylation sites (tertiary alicyclic amines) is 1. The predicted octanol–water partition coefficient (Wildman–Crippen LogP) is 2.14. The van der Waals surface area contributed by atoms with Crippen LogP contribution in [0.1, 0.15) is 40.4 Å². The fourth-order valence-corrected chi connectivity index (χ4v) is 3.79. The largest absolute Gasteiger partial charge is 0.338 e. The molecule has 1 aliphatic heterocycles. The van der Waals surface area contributed by atoms with Crippen molar-refractivity contribution in [1.82, 2.24) is 15.1 Å². The van der Waals surface area contributed by atoms with Gasteiger partial charge in [0.1, 0.15) is 0 Å². The minimum Gasteiger partial charge on any atom is -0.338 e. The topological polar surface area (TPSA) is 83.1 Å². The Hall–Kier alpha value is -2.15. The molecule has 1 amide bonds. The number of carbonyl (C=O) groups is 1. The van der Waals surface area contributed by atoms with Crippen LogP contribution < -0.4 is 0 Å². The fraction of sp³-hybridized carbons (Fsp3) is 0.412. The molecule has 1 N–H and O–H groups in total. The summed E-state index contributed by atoms with van der Waals surface area (Å²) in [6, 6.07) is 6.67. The lowest BCUT2D eigenvalue weighted by Gasteiger charge is -2.32. The van der Waals surface area contributed by atoms with E-state index in [1.54, 1.807) is 18.3 Å². The summed E-state index contributed by atoms with van der Waals surface area (Å²) >= 11 is 0. The van der Waals surface area contributed by atoms with Gasteiger partial charge >= 0.3 is 0 Å². The Morgan fingerprint density at radius 2 is 2.12 bits per heavy atom. The van der Waals surface area contributed by atoms with Gasteiger partial charge in [-0.25, -0.2) is 8.42 Å². The number of sulfone groups is 1.